The van der Waals surface area contributed by atoms with E-state index >= 15 is 0 Å². The monoisotopic (exact) mass is 268 g/mol. The molecule has 19 heavy (non-hydrogen) atoms. The van der Waals surface area contributed by atoms with E-state index in [1.54, 1.807) is 0 Å². The van der Waals surface area contributed by atoms with Crippen molar-refractivity contribution in [2.24, 2.45) is 5.92 Å². The molecule has 0 heterocycles. The van der Waals surface area contributed by atoms with Crippen LogP contribution in [0.4, 0.5) is 15.8 Å². The van der Waals surface area contributed by atoms with Crippen molar-refractivity contribution in [3.63, 3.8) is 0 Å². The van der Waals surface area contributed by atoms with Crippen LogP contribution in [0.5, 0.6) is 0 Å². The standard InChI is InChI=1S/C14H21FN2O2/c1-9(2)6-10(3)19-8-14(18)17-13-5-4-11(15)7-12(13)16/h4-5,7,9-10H,6,8,16H2,1-3H3,(H,17,18). The zero-order chi connectivity index (χ0) is 14.4. The Morgan fingerprint density at radius 1 is 1.42 bits per heavy atom. The van der Waals surface area contributed by atoms with E-state index < -0.39 is 5.82 Å². The molecule has 3 N–H and O–H groups in total. The zero-order valence-electron chi connectivity index (χ0n) is 11.6. The van der Waals surface area contributed by atoms with Crippen molar-refractivity contribution < 1.29 is 13.9 Å². The summed E-state index contributed by atoms with van der Waals surface area (Å²) in [7, 11) is 0. The van der Waals surface area contributed by atoms with Crippen molar-refractivity contribution in [1.29, 1.82) is 0 Å². The molecule has 0 radical (unpaired) electrons. The van der Waals surface area contributed by atoms with Crippen molar-refractivity contribution in [1.82, 2.24) is 0 Å². The van der Waals surface area contributed by atoms with Crippen LogP contribution >= 0.6 is 0 Å². The number of nitrogens with two attached hydrogens (primary N) is 1. The molecule has 1 unspecified atom stereocenters. The molecule has 0 bridgehead atoms. The molecule has 106 valence electrons. The van der Waals surface area contributed by atoms with Gasteiger partial charge in [0.15, 0.2) is 0 Å². The van der Waals surface area contributed by atoms with Gasteiger partial charge in [-0.3, -0.25) is 4.79 Å². The minimum atomic E-state index is -0.433. The number of nitrogen functional groups attached to an aromatic ring is 1. The Morgan fingerprint density at radius 2 is 2.11 bits per heavy atom. The fourth-order valence-corrected chi connectivity index (χ4v) is 1.78. The van der Waals surface area contributed by atoms with Gasteiger partial charge in [-0.1, -0.05) is 13.8 Å². The number of rotatable bonds is 6. The highest BCUT2D eigenvalue weighted by atomic mass is 19.1. The number of benzene rings is 1. The number of hydrogen-bond acceptors (Lipinski definition) is 3. The fraction of sp³-hybridized carbons (Fsp3) is 0.500. The van der Waals surface area contributed by atoms with Gasteiger partial charge in [-0.05, 0) is 37.5 Å². The number of amides is 1. The van der Waals surface area contributed by atoms with Crippen LogP contribution in [0.15, 0.2) is 18.2 Å². The Bertz CT molecular complexity index is 435. The van der Waals surface area contributed by atoms with Crippen LogP contribution < -0.4 is 11.1 Å². The van der Waals surface area contributed by atoms with Gasteiger partial charge >= 0.3 is 0 Å². The Morgan fingerprint density at radius 3 is 2.68 bits per heavy atom. The lowest BCUT2D eigenvalue weighted by molar-refractivity contribution is -0.122. The van der Waals surface area contributed by atoms with Gasteiger partial charge in [0, 0.05) is 0 Å². The molecule has 4 nitrogen and oxygen atoms in total. The van der Waals surface area contributed by atoms with Gasteiger partial charge in [0.1, 0.15) is 12.4 Å². The van der Waals surface area contributed by atoms with Gasteiger partial charge in [0.2, 0.25) is 5.91 Å². The molecular weight excluding hydrogens is 247 g/mol. The van der Waals surface area contributed by atoms with E-state index in [4.69, 9.17) is 10.5 Å². The van der Waals surface area contributed by atoms with Crippen LogP contribution in [0.3, 0.4) is 0 Å². The van der Waals surface area contributed by atoms with Crippen LogP contribution in [0.1, 0.15) is 27.2 Å². The van der Waals surface area contributed by atoms with Crippen LogP contribution in [-0.2, 0) is 9.53 Å². The van der Waals surface area contributed by atoms with Gasteiger partial charge in [0.05, 0.1) is 17.5 Å². The minimum Gasteiger partial charge on any atom is -0.397 e. The van der Waals surface area contributed by atoms with Gasteiger partial charge < -0.3 is 15.8 Å². The average molecular weight is 268 g/mol. The lowest BCUT2D eigenvalue weighted by atomic mass is 10.1. The molecule has 0 aromatic heterocycles. The van der Waals surface area contributed by atoms with Crippen LogP contribution in [0, 0.1) is 11.7 Å². The summed E-state index contributed by atoms with van der Waals surface area (Å²) >= 11 is 0. The van der Waals surface area contributed by atoms with Crippen molar-refractivity contribution in [3.8, 4) is 0 Å². The molecule has 1 atom stereocenters. The molecule has 1 rings (SSSR count). The van der Waals surface area contributed by atoms with E-state index in [2.05, 4.69) is 19.2 Å². The third-order valence-electron chi connectivity index (χ3n) is 2.59. The van der Waals surface area contributed by atoms with Crippen molar-refractivity contribution in [3.05, 3.63) is 24.0 Å². The predicted octanol–water partition coefficient (Wildman–Crippen LogP) is 2.80. The van der Waals surface area contributed by atoms with E-state index in [0.717, 1.165) is 12.5 Å². The van der Waals surface area contributed by atoms with E-state index in [1.165, 1.54) is 12.1 Å². The number of carbonyl (C=O) groups is 1. The fourth-order valence-electron chi connectivity index (χ4n) is 1.78. The smallest absolute Gasteiger partial charge is 0.250 e. The molecule has 5 heteroatoms. The molecule has 0 aliphatic rings. The third kappa shape index (κ3) is 5.70. The molecule has 0 aliphatic heterocycles. The molecule has 1 aromatic carbocycles. The molecule has 1 aromatic rings. The highest BCUT2D eigenvalue weighted by molar-refractivity contribution is 5.94. The molecule has 0 saturated carbocycles. The maximum atomic E-state index is 12.8. The first-order chi connectivity index (χ1) is 8.88. The summed E-state index contributed by atoms with van der Waals surface area (Å²) in [5, 5.41) is 2.59. The lowest BCUT2D eigenvalue weighted by Gasteiger charge is -2.15. The summed E-state index contributed by atoms with van der Waals surface area (Å²) in [5.41, 5.74) is 6.19. The lowest BCUT2D eigenvalue weighted by Crippen LogP contribution is -2.23. The average Bonchev–Trinajstić information content (AvgIpc) is 2.29. The summed E-state index contributed by atoms with van der Waals surface area (Å²) in [5.74, 6) is -0.211. The number of halogens is 1. The highest BCUT2D eigenvalue weighted by Gasteiger charge is 2.10. The van der Waals surface area contributed by atoms with Crippen molar-refractivity contribution in [2.75, 3.05) is 17.7 Å². The number of hydrogen-bond donors (Lipinski definition) is 2. The largest absolute Gasteiger partial charge is 0.397 e. The highest BCUT2D eigenvalue weighted by Crippen LogP contribution is 2.18. The van der Waals surface area contributed by atoms with Crippen LogP contribution in [0.25, 0.3) is 0 Å². The van der Waals surface area contributed by atoms with E-state index in [-0.39, 0.29) is 24.3 Å². The molecule has 0 saturated heterocycles. The zero-order valence-corrected chi connectivity index (χ0v) is 11.6. The molecule has 0 aliphatic carbocycles. The first kappa shape index (κ1) is 15.4. The summed E-state index contributed by atoms with van der Waals surface area (Å²) in [6.45, 7) is 6.09. The van der Waals surface area contributed by atoms with Gasteiger partial charge in [-0.25, -0.2) is 4.39 Å². The summed E-state index contributed by atoms with van der Waals surface area (Å²) in [6.07, 6.45) is 0.919. The van der Waals surface area contributed by atoms with Gasteiger partial charge in [0.25, 0.3) is 0 Å². The van der Waals surface area contributed by atoms with E-state index in [0.29, 0.717) is 11.6 Å². The number of anilines is 2. The van der Waals surface area contributed by atoms with E-state index in [9.17, 15) is 9.18 Å². The number of carbonyl (C=O) groups excluding carboxylic acids is 1. The maximum Gasteiger partial charge on any atom is 0.250 e. The summed E-state index contributed by atoms with van der Waals surface area (Å²) in [4.78, 5) is 11.7. The van der Waals surface area contributed by atoms with E-state index in [1.807, 2.05) is 6.92 Å². The first-order valence-corrected chi connectivity index (χ1v) is 6.35. The minimum absolute atomic E-state index is 0.0244. The normalized spacial score (nSPS) is 12.5. The second-order valence-corrected chi connectivity index (χ2v) is 5.03. The Hall–Kier alpha value is -1.62. The SMILES string of the molecule is CC(C)CC(C)OCC(=O)Nc1ccc(F)cc1N. The van der Waals surface area contributed by atoms with Crippen LogP contribution in [0.2, 0.25) is 0 Å². The summed E-state index contributed by atoms with van der Waals surface area (Å²) in [6, 6.07) is 3.84. The molecule has 0 fully saturated rings. The Labute approximate surface area is 113 Å². The predicted molar refractivity (Wildman–Crippen MR) is 74.3 cm³/mol. The Kier molecular flexibility index (Phi) is 5.76. The topological polar surface area (TPSA) is 64.3 Å². The molecule has 0 spiro atoms. The third-order valence-corrected chi connectivity index (χ3v) is 2.59. The number of ether oxygens (including phenoxy) is 1. The van der Waals surface area contributed by atoms with Crippen molar-refractivity contribution in [2.45, 2.75) is 33.3 Å². The van der Waals surface area contributed by atoms with Crippen molar-refractivity contribution >= 4 is 17.3 Å². The second kappa shape index (κ2) is 7.09. The number of nitrogens with one attached hydrogen (secondary N) is 1. The van der Waals surface area contributed by atoms with Gasteiger partial charge in [-0.15, -0.1) is 0 Å². The second-order valence-electron chi connectivity index (χ2n) is 5.03. The van der Waals surface area contributed by atoms with Gasteiger partial charge in [-0.2, -0.15) is 0 Å². The maximum absolute atomic E-state index is 12.8. The van der Waals surface area contributed by atoms with Crippen LogP contribution in [-0.4, -0.2) is 18.6 Å². The molecule has 1 amide bonds. The summed E-state index contributed by atoms with van der Waals surface area (Å²) < 4.78 is 18.3. The Balaban J connectivity index is 2.43. The quantitative estimate of drug-likeness (QED) is 0.780. The first-order valence-electron chi connectivity index (χ1n) is 6.35. The molecular formula is C14H21FN2O2.